The third-order valence-electron chi connectivity index (χ3n) is 7.65. The molecule has 2 aliphatic carbocycles. The normalized spacial score (nSPS) is 32.8. The molecule has 30 heavy (non-hydrogen) atoms. The second-order valence-corrected chi connectivity index (χ2v) is 9.78. The Morgan fingerprint density at radius 2 is 2.07 bits per heavy atom. The van der Waals surface area contributed by atoms with Crippen LogP contribution in [0, 0.1) is 17.3 Å². The highest BCUT2D eigenvalue weighted by Gasteiger charge is 2.50. The van der Waals surface area contributed by atoms with Gasteiger partial charge in [-0.3, -0.25) is 4.79 Å². The number of carbonyl (C=O) groups excluding carboxylic acids is 2. The van der Waals surface area contributed by atoms with Crippen molar-refractivity contribution in [2.45, 2.75) is 90.8 Å². The van der Waals surface area contributed by atoms with Crippen LogP contribution in [0.4, 0.5) is 0 Å². The lowest BCUT2D eigenvalue weighted by atomic mass is 9.62. The van der Waals surface area contributed by atoms with Gasteiger partial charge in [0.1, 0.15) is 23.9 Å². The van der Waals surface area contributed by atoms with Crippen molar-refractivity contribution in [3.8, 4) is 0 Å². The molecule has 0 bridgehead atoms. The lowest BCUT2D eigenvalue weighted by Gasteiger charge is -2.46. The van der Waals surface area contributed by atoms with Crippen molar-refractivity contribution in [1.82, 2.24) is 0 Å². The summed E-state index contributed by atoms with van der Waals surface area (Å²) in [4.78, 5) is 25.4. The number of allylic oxidation sites excluding steroid dienone is 3. The summed E-state index contributed by atoms with van der Waals surface area (Å²) in [5.41, 5.74) is 2.07. The van der Waals surface area contributed by atoms with E-state index in [1.165, 1.54) is 11.1 Å². The summed E-state index contributed by atoms with van der Waals surface area (Å²) < 4.78 is 12.5. The number of fused-ring (bicyclic) bond motifs is 1. The maximum atomic E-state index is 13.7. The van der Waals surface area contributed by atoms with E-state index in [0.717, 1.165) is 63.2 Å². The summed E-state index contributed by atoms with van der Waals surface area (Å²) in [7, 11) is 0. The zero-order valence-corrected chi connectivity index (χ0v) is 19.2. The molecule has 4 nitrogen and oxygen atoms in total. The largest absolute Gasteiger partial charge is 0.462 e. The first-order chi connectivity index (χ1) is 14.3. The van der Waals surface area contributed by atoms with Crippen molar-refractivity contribution >= 4 is 12.3 Å². The van der Waals surface area contributed by atoms with E-state index in [1.54, 1.807) is 0 Å². The average molecular weight is 415 g/mol. The fourth-order valence-corrected chi connectivity index (χ4v) is 5.68. The SMILES string of the molecule is C=CC1=CCCC2=C(C)CCC[C@]12C(=O)OCC1(C(C)C=O)CCCC(C(C)C)O1. The Balaban J connectivity index is 1.88. The van der Waals surface area contributed by atoms with Crippen LogP contribution in [0.5, 0.6) is 0 Å². The molecule has 166 valence electrons. The third kappa shape index (κ3) is 3.95. The molecule has 4 heteroatoms. The maximum Gasteiger partial charge on any atom is 0.320 e. The second-order valence-electron chi connectivity index (χ2n) is 9.78. The van der Waals surface area contributed by atoms with E-state index in [2.05, 4.69) is 33.4 Å². The van der Waals surface area contributed by atoms with Crippen LogP contribution in [0.25, 0.3) is 0 Å². The molecule has 0 aromatic heterocycles. The van der Waals surface area contributed by atoms with Crippen molar-refractivity contribution in [1.29, 1.82) is 0 Å². The number of esters is 1. The maximum absolute atomic E-state index is 13.7. The molecule has 4 atom stereocenters. The lowest BCUT2D eigenvalue weighted by molar-refractivity contribution is -0.200. The van der Waals surface area contributed by atoms with Crippen molar-refractivity contribution in [2.75, 3.05) is 6.61 Å². The van der Waals surface area contributed by atoms with Crippen molar-refractivity contribution in [3.05, 3.63) is 35.5 Å². The Hall–Kier alpha value is -1.68. The van der Waals surface area contributed by atoms with E-state index in [0.29, 0.717) is 5.92 Å². The molecule has 3 aliphatic rings. The molecular formula is C26H38O4. The molecular weight excluding hydrogens is 376 g/mol. The van der Waals surface area contributed by atoms with Gasteiger partial charge >= 0.3 is 5.97 Å². The van der Waals surface area contributed by atoms with Crippen LogP contribution >= 0.6 is 0 Å². The van der Waals surface area contributed by atoms with Crippen molar-refractivity contribution < 1.29 is 19.1 Å². The van der Waals surface area contributed by atoms with Crippen LogP contribution in [-0.2, 0) is 19.1 Å². The summed E-state index contributed by atoms with van der Waals surface area (Å²) in [6, 6.07) is 0. The predicted molar refractivity (Wildman–Crippen MR) is 119 cm³/mol. The highest BCUT2D eigenvalue weighted by atomic mass is 16.6. The average Bonchev–Trinajstić information content (AvgIpc) is 2.76. The first-order valence-corrected chi connectivity index (χ1v) is 11.6. The Bertz CT molecular complexity index is 746. The molecule has 0 aromatic carbocycles. The molecule has 3 unspecified atom stereocenters. The fourth-order valence-electron chi connectivity index (χ4n) is 5.68. The minimum Gasteiger partial charge on any atom is -0.462 e. The lowest BCUT2D eigenvalue weighted by Crippen LogP contribution is -2.52. The van der Waals surface area contributed by atoms with E-state index >= 15 is 0 Å². The summed E-state index contributed by atoms with van der Waals surface area (Å²) in [6.07, 6.45) is 12.3. The van der Waals surface area contributed by atoms with Gasteiger partial charge in [-0.2, -0.15) is 0 Å². The quantitative estimate of drug-likeness (QED) is 0.304. The molecule has 1 heterocycles. The summed E-state index contributed by atoms with van der Waals surface area (Å²) in [5, 5.41) is 0. The van der Waals surface area contributed by atoms with Crippen molar-refractivity contribution in [3.63, 3.8) is 0 Å². The zero-order chi connectivity index (χ0) is 21.9. The fraction of sp³-hybridized carbons (Fsp3) is 0.692. The van der Waals surface area contributed by atoms with Gasteiger partial charge in [0.25, 0.3) is 0 Å². The molecule has 1 saturated heterocycles. The van der Waals surface area contributed by atoms with Gasteiger partial charge in [-0.1, -0.05) is 45.1 Å². The highest BCUT2D eigenvalue weighted by Crippen LogP contribution is 2.52. The first kappa shape index (κ1) is 23.0. The topological polar surface area (TPSA) is 52.6 Å². The first-order valence-electron chi connectivity index (χ1n) is 11.6. The zero-order valence-electron chi connectivity index (χ0n) is 19.2. The van der Waals surface area contributed by atoms with E-state index in [4.69, 9.17) is 9.47 Å². The van der Waals surface area contributed by atoms with E-state index in [1.807, 2.05) is 13.0 Å². The minimum atomic E-state index is -0.735. The van der Waals surface area contributed by atoms with Crippen LogP contribution in [0.2, 0.25) is 0 Å². The number of rotatable bonds is 7. The second kappa shape index (κ2) is 9.21. The molecule has 1 aliphatic heterocycles. The number of hydrogen-bond donors (Lipinski definition) is 0. The molecule has 0 amide bonds. The van der Waals surface area contributed by atoms with Gasteiger partial charge < -0.3 is 14.3 Å². The molecule has 0 aromatic rings. The van der Waals surface area contributed by atoms with Crippen LogP contribution in [0.15, 0.2) is 35.5 Å². The van der Waals surface area contributed by atoms with E-state index in [9.17, 15) is 9.59 Å². The van der Waals surface area contributed by atoms with E-state index in [-0.39, 0.29) is 24.6 Å². The van der Waals surface area contributed by atoms with Gasteiger partial charge in [0.15, 0.2) is 0 Å². The molecule has 1 fully saturated rings. The van der Waals surface area contributed by atoms with Gasteiger partial charge in [0, 0.05) is 5.92 Å². The Kier molecular flexibility index (Phi) is 7.06. The molecule has 0 N–H and O–H groups in total. The third-order valence-corrected chi connectivity index (χ3v) is 7.65. The van der Waals surface area contributed by atoms with Gasteiger partial charge in [0.05, 0.1) is 6.10 Å². The van der Waals surface area contributed by atoms with Gasteiger partial charge in [-0.15, -0.1) is 0 Å². The van der Waals surface area contributed by atoms with Gasteiger partial charge in [-0.25, -0.2) is 0 Å². The van der Waals surface area contributed by atoms with Gasteiger partial charge in [-0.05, 0) is 75.4 Å². The summed E-state index contributed by atoms with van der Waals surface area (Å²) >= 11 is 0. The number of hydrogen-bond acceptors (Lipinski definition) is 4. The van der Waals surface area contributed by atoms with E-state index < -0.39 is 11.0 Å². The highest BCUT2D eigenvalue weighted by molar-refractivity contribution is 5.86. The monoisotopic (exact) mass is 414 g/mol. The van der Waals surface area contributed by atoms with Crippen LogP contribution in [0.3, 0.4) is 0 Å². The summed E-state index contributed by atoms with van der Waals surface area (Å²) in [5.74, 6) is -0.162. The van der Waals surface area contributed by atoms with Crippen molar-refractivity contribution in [2.24, 2.45) is 17.3 Å². The number of carbonyl (C=O) groups is 2. The van der Waals surface area contributed by atoms with Crippen LogP contribution in [0.1, 0.15) is 79.1 Å². The molecule has 0 saturated carbocycles. The number of ether oxygens (including phenoxy) is 2. The Morgan fingerprint density at radius 1 is 1.30 bits per heavy atom. The Morgan fingerprint density at radius 3 is 2.73 bits per heavy atom. The summed E-state index contributed by atoms with van der Waals surface area (Å²) in [6.45, 7) is 12.4. The Labute approximate surface area is 181 Å². The van der Waals surface area contributed by atoms with Crippen LogP contribution < -0.4 is 0 Å². The van der Waals surface area contributed by atoms with Gasteiger partial charge in [0.2, 0.25) is 0 Å². The molecule has 3 rings (SSSR count). The molecule has 0 radical (unpaired) electrons. The smallest absolute Gasteiger partial charge is 0.320 e. The standard InChI is InChI=1S/C26H38O4/c1-6-21-11-7-12-22-19(4)10-8-15-26(21,22)24(28)29-17-25(20(5)16-27)14-9-13-23(30-25)18(2)3/h6,11,16,18,20,23H,1,7-10,12-15,17H2,2-5H3/t20?,23?,25?,26-/m0/s1. The minimum absolute atomic E-state index is 0.0868. The number of aldehydes is 1. The molecule has 0 spiro atoms. The predicted octanol–water partition coefficient (Wildman–Crippen LogP) is 5.72. The van der Waals surface area contributed by atoms with Crippen LogP contribution in [-0.4, -0.2) is 30.6 Å².